The molecule has 86 valence electrons. The Morgan fingerprint density at radius 2 is 2.24 bits per heavy atom. The topological polar surface area (TPSA) is 36.7 Å². The molecule has 1 heterocycles. The zero-order valence-electron chi connectivity index (χ0n) is 9.35. The number of aromatic nitrogens is 1. The van der Waals surface area contributed by atoms with Gasteiger partial charge in [0.2, 0.25) is 0 Å². The Morgan fingerprint density at radius 3 is 2.94 bits per heavy atom. The molecule has 17 heavy (non-hydrogen) atoms. The van der Waals surface area contributed by atoms with Gasteiger partial charge < -0.3 is 0 Å². The van der Waals surface area contributed by atoms with E-state index < -0.39 is 0 Å². The molecule has 0 unspecified atom stereocenters. The summed E-state index contributed by atoms with van der Waals surface area (Å²) >= 11 is 3.56. The van der Waals surface area contributed by atoms with Crippen molar-refractivity contribution in [2.24, 2.45) is 5.41 Å². The highest BCUT2D eigenvalue weighted by Crippen LogP contribution is 2.52. The molecule has 2 nitrogen and oxygen atoms in total. The molecule has 0 amide bonds. The molecule has 4 heteroatoms. The molecule has 0 radical (unpaired) electrons. The van der Waals surface area contributed by atoms with Gasteiger partial charge in [-0.3, -0.25) is 0 Å². The quantitative estimate of drug-likeness (QED) is 0.777. The molecule has 1 aliphatic carbocycles. The summed E-state index contributed by atoms with van der Waals surface area (Å²) in [5, 5.41) is 8.78. The lowest BCUT2D eigenvalue weighted by Crippen LogP contribution is -2.01. The van der Waals surface area contributed by atoms with Gasteiger partial charge in [0.05, 0.1) is 16.3 Å². The van der Waals surface area contributed by atoms with Crippen LogP contribution >= 0.6 is 23.1 Å². The Morgan fingerprint density at radius 1 is 1.41 bits per heavy atom. The highest BCUT2D eigenvalue weighted by Gasteiger charge is 2.42. The lowest BCUT2D eigenvalue weighted by molar-refractivity contribution is 0.604. The zero-order chi connectivity index (χ0) is 11.7. The molecule has 0 atom stereocenters. The monoisotopic (exact) mass is 260 g/mol. The second-order valence-electron chi connectivity index (χ2n) is 4.57. The van der Waals surface area contributed by atoms with Crippen LogP contribution in [-0.2, 0) is 0 Å². The molecule has 2 aromatic rings. The number of nitrogens with zero attached hydrogens (tertiary/aromatic N) is 2. The van der Waals surface area contributed by atoms with Crippen molar-refractivity contribution >= 4 is 33.3 Å². The number of benzene rings is 1. The summed E-state index contributed by atoms with van der Waals surface area (Å²) in [6.45, 7) is 0. The third-order valence-corrected chi connectivity index (χ3v) is 5.72. The molecule has 0 N–H and O–H groups in total. The van der Waals surface area contributed by atoms with Gasteiger partial charge in [-0.05, 0) is 30.4 Å². The summed E-state index contributed by atoms with van der Waals surface area (Å²) in [6, 6.07) is 10.5. The molecule has 1 fully saturated rings. The molecule has 1 aromatic carbocycles. The average molecular weight is 260 g/mol. The van der Waals surface area contributed by atoms with E-state index in [0.29, 0.717) is 11.8 Å². The van der Waals surface area contributed by atoms with E-state index in [4.69, 9.17) is 5.26 Å². The summed E-state index contributed by atoms with van der Waals surface area (Å²) in [7, 11) is 0. The van der Waals surface area contributed by atoms with Crippen LogP contribution < -0.4 is 0 Å². The van der Waals surface area contributed by atoms with E-state index in [1.165, 1.54) is 17.5 Å². The van der Waals surface area contributed by atoms with Crippen molar-refractivity contribution in [3.05, 3.63) is 24.3 Å². The fourth-order valence-corrected chi connectivity index (χ4v) is 4.21. The summed E-state index contributed by atoms with van der Waals surface area (Å²) in [4.78, 5) is 4.60. The van der Waals surface area contributed by atoms with Crippen molar-refractivity contribution in [1.29, 1.82) is 5.26 Å². The Labute approximate surface area is 109 Å². The molecule has 0 bridgehead atoms. The van der Waals surface area contributed by atoms with Crippen LogP contribution in [0, 0.1) is 16.7 Å². The van der Waals surface area contributed by atoms with Crippen LogP contribution in [0.15, 0.2) is 28.6 Å². The SMILES string of the molecule is N#CCC1(CSc2nc3ccccc3s2)CC1. The van der Waals surface area contributed by atoms with Crippen LogP contribution in [0.4, 0.5) is 0 Å². The van der Waals surface area contributed by atoms with Crippen LogP contribution in [0.5, 0.6) is 0 Å². The molecule has 0 spiro atoms. The maximum atomic E-state index is 8.78. The van der Waals surface area contributed by atoms with Crippen LogP contribution in [-0.4, -0.2) is 10.7 Å². The maximum Gasteiger partial charge on any atom is 0.151 e. The predicted molar refractivity (Wildman–Crippen MR) is 72.2 cm³/mol. The summed E-state index contributed by atoms with van der Waals surface area (Å²) in [5.74, 6) is 1.04. The minimum atomic E-state index is 0.303. The molecule has 3 rings (SSSR count). The summed E-state index contributed by atoms with van der Waals surface area (Å²) in [6.07, 6.45) is 3.11. The van der Waals surface area contributed by atoms with Gasteiger partial charge >= 0.3 is 0 Å². The maximum absolute atomic E-state index is 8.78. The first-order valence-electron chi connectivity index (χ1n) is 5.67. The van der Waals surface area contributed by atoms with Crippen LogP contribution in [0.1, 0.15) is 19.3 Å². The van der Waals surface area contributed by atoms with Gasteiger partial charge in [-0.2, -0.15) is 5.26 Å². The van der Waals surface area contributed by atoms with Gasteiger partial charge in [-0.1, -0.05) is 23.9 Å². The molecule has 1 saturated carbocycles. The minimum absolute atomic E-state index is 0.303. The van der Waals surface area contributed by atoms with E-state index in [1.807, 2.05) is 23.9 Å². The number of thiazole rings is 1. The first kappa shape index (κ1) is 11.1. The van der Waals surface area contributed by atoms with E-state index in [-0.39, 0.29) is 0 Å². The fraction of sp³-hybridized carbons (Fsp3) is 0.385. The molecular formula is C13H12N2S2. The Hall–Kier alpha value is -1.05. The van der Waals surface area contributed by atoms with Crippen molar-refractivity contribution < 1.29 is 0 Å². The minimum Gasteiger partial charge on any atom is -0.230 e. The number of nitriles is 1. The number of hydrogen-bond acceptors (Lipinski definition) is 4. The number of para-hydroxylation sites is 1. The van der Waals surface area contributed by atoms with Gasteiger partial charge in [0.1, 0.15) is 0 Å². The number of rotatable bonds is 4. The van der Waals surface area contributed by atoms with Crippen molar-refractivity contribution in [3.8, 4) is 6.07 Å². The average Bonchev–Trinajstić information content (AvgIpc) is 2.98. The highest BCUT2D eigenvalue weighted by atomic mass is 32.2. The van der Waals surface area contributed by atoms with E-state index in [2.05, 4.69) is 23.2 Å². The standard InChI is InChI=1S/C13H12N2S2/c14-8-7-13(5-6-13)9-16-12-15-10-3-1-2-4-11(10)17-12/h1-4H,5-7,9H2. The van der Waals surface area contributed by atoms with Crippen molar-refractivity contribution in [3.63, 3.8) is 0 Å². The van der Waals surface area contributed by atoms with E-state index in [1.54, 1.807) is 11.3 Å². The first-order valence-corrected chi connectivity index (χ1v) is 7.47. The van der Waals surface area contributed by atoms with Crippen LogP contribution in [0.25, 0.3) is 10.2 Å². The van der Waals surface area contributed by atoms with Gasteiger partial charge in [-0.15, -0.1) is 11.3 Å². The second kappa shape index (κ2) is 4.32. The lowest BCUT2D eigenvalue weighted by Gasteiger charge is -2.07. The highest BCUT2D eigenvalue weighted by molar-refractivity contribution is 8.01. The molecule has 1 aliphatic rings. The van der Waals surface area contributed by atoms with E-state index >= 15 is 0 Å². The predicted octanol–water partition coefficient (Wildman–Crippen LogP) is 4.08. The van der Waals surface area contributed by atoms with Crippen LogP contribution in [0.2, 0.25) is 0 Å². The Balaban J connectivity index is 1.71. The third kappa shape index (κ3) is 2.31. The van der Waals surface area contributed by atoms with Gasteiger partial charge in [-0.25, -0.2) is 4.98 Å². The smallest absolute Gasteiger partial charge is 0.151 e. The normalized spacial score (nSPS) is 16.9. The van der Waals surface area contributed by atoms with Gasteiger partial charge in [0, 0.05) is 12.2 Å². The molecular weight excluding hydrogens is 248 g/mol. The molecule has 1 aromatic heterocycles. The first-order chi connectivity index (χ1) is 8.31. The van der Waals surface area contributed by atoms with Gasteiger partial charge in [0.15, 0.2) is 4.34 Å². The summed E-state index contributed by atoms with van der Waals surface area (Å²) < 4.78 is 2.38. The largest absolute Gasteiger partial charge is 0.230 e. The van der Waals surface area contributed by atoms with E-state index in [0.717, 1.165) is 15.6 Å². The van der Waals surface area contributed by atoms with Gasteiger partial charge in [0.25, 0.3) is 0 Å². The lowest BCUT2D eigenvalue weighted by atomic mass is 10.1. The van der Waals surface area contributed by atoms with E-state index in [9.17, 15) is 0 Å². The summed E-state index contributed by atoms with van der Waals surface area (Å²) in [5.41, 5.74) is 1.39. The number of thioether (sulfide) groups is 1. The number of hydrogen-bond donors (Lipinski definition) is 0. The van der Waals surface area contributed by atoms with Crippen molar-refractivity contribution in [2.45, 2.75) is 23.6 Å². The molecule has 0 saturated heterocycles. The Bertz CT molecular complexity index is 545. The third-order valence-electron chi connectivity index (χ3n) is 3.19. The number of fused-ring (bicyclic) bond motifs is 1. The zero-order valence-corrected chi connectivity index (χ0v) is 11.0. The molecule has 0 aliphatic heterocycles. The second-order valence-corrected chi connectivity index (χ2v) is 6.82. The van der Waals surface area contributed by atoms with Crippen molar-refractivity contribution in [2.75, 3.05) is 5.75 Å². The Kier molecular flexibility index (Phi) is 2.81. The van der Waals surface area contributed by atoms with Crippen molar-refractivity contribution in [1.82, 2.24) is 4.98 Å². The fourth-order valence-electron chi connectivity index (χ4n) is 1.84. The van der Waals surface area contributed by atoms with Crippen LogP contribution in [0.3, 0.4) is 0 Å².